The number of nitrogens with zero attached hydrogens (tertiary/aromatic N) is 2. The molecule has 0 unspecified atom stereocenters. The average molecular weight is 459 g/mol. The lowest BCUT2D eigenvalue weighted by molar-refractivity contribution is 0.290. The van der Waals surface area contributed by atoms with Gasteiger partial charge in [0.15, 0.2) is 0 Å². The Morgan fingerprint density at radius 2 is 1.91 bits per heavy atom. The smallest absolute Gasteiger partial charge is 0.120 e. The highest BCUT2D eigenvalue weighted by atomic mass is 32.1. The van der Waals surface area contributed by atoms with Crippen LogP contribution in [0.4, 0.5) is 0 Å². The Morgan fingerprint density at radius 3 is 2.67 bits per heavy atom. The summed E-state index contributed by atoms with van der Waals surface area (Å²) in [7, 11) is 0. The molecule has 0 aliphatic rings. The number of aromatic nitrogens is 1. The first-order valence-corrected chi connectivity index (χ1v) is 12.4. The van der Waals surface area contributed by atoms with Crippen molar-refractivity contribution < 1.29 is 4.74 Å². The average Bonchev–Trinajstić information content (AvgIpc) is 3.32. The van der Waals surface area contributed by atoms with Crippen LogP contribution >= 0.6 is 11.3 Å². The summed E-state index contributed by atoms with van der Waals surface area (Å²) in [6.45, 7) is 12.0. The van der Waals surface area contributed by atoms with Crippen LogP contribution in [-0.2, 0) is 13.2 Å². The van der Waals surface area contributed by atoms with Crippen LogP contribution in [0, 0.1) is 17.3 Å². The minimum atomic E-state index is 0.0381. The van der Waals surface area contributed by atoms with E-state index in [1.165, 1.54) is 16.0 Å². The highest BCUT2D eigenvalue weighted by molar-refractivity contribution is 7.13. The normalized spacial score (nSPS) is 11.5. The Kier molecular flexibility index (Phi) is 9.30. The maximum Gasteiger partial charge on any atom is 0.120 e. The first kappa shape index (κ1) is 24.8. The minimum absolute atomic E-state index is 0.0381. The van der Waals surface area contributed by atoms with E-state index in [0.717, 1.165) is 37.4 Å². The van der Waals surface area contributed by atoms with Crippen LogP contribution in [0.1, 0.15) is 45.2 Å². The molecule has 0 aliphatic carbocycles. The number of allylic oxidation sites excluding steroid dienone is 1. The first-order valence-electron chi connectivity index (χ1n) is 11.5. The van der Waals surface area contributed by atoms with Crippen LogP contribution in [0.15, 0.2) is 72.4 Å². The number of hydrogen-bond acceptors (Lipinski definition) is 4. The van der Waals surface area contributed by atoms with Gasteiger partial charge in [0, 0.05) is 24.7 Å². The second kappa shape index (κ2) is 12.4. The van der Waals surface area contributed by atoms with E-state index >= 15 is 0 Å². The molecule has 0 aliphatic heterocycles. The molecule has 1 aromatic heterocycles. The van der Waals surface area contributed by atoms with Crippen molar-refractivity contribution in [1.29, 1.82) is 0 Å². The summed E-state index contributed by atoms with van der Waals surface area (Å²) in [6, 6.07) is 16.9. The monoisotopic (exact) mass is 458 g/mol. The highest BCUT2D eigenvalue weighted by Crippen LogP contribution is 2.24. The zero-order valence-electron chi connectivity index (χ0n) is 20.2. The number of hydrogen-bond donors (Lipinski definition) is 0. The number of thiazole rings is 1. The second-order valence-electron chi connectivity index (χ2n) is 9.16. The molecule has 0 bridgehead atoms. The molecule has 172 valence electrons. The number of rotatable bonds is 10. The molecule has 0 radical (unpaired) electrons. The summed E-state index contributed by atoms with van der Waals surface area (Å²) >= 11 is 1.65. The second-order valence-corrected chi connectivity index (χ2v) is 10.0. The Hall–Kier alpha value is -2.87. The standard InChI is InChI=1S/C29H34N2OS/c1-5-16-31(17-8-6-7-15-29(2,3)4)21-24-11-10-14-27(19-24)32-22-25-12-9-13-26(18-25)28-20-30-23-33-28/h6,8-14,18-20,23H,5,16-17,21-22H2,1-4H3/b8-6+. The van der Waals surface area contributed by atoms with Gasteiger partial charge in [-0.15, -0.1) is 11.3 Å². The fourth-order valence-corrected chi connectivity index (χ4v) is 4.02. The summed E-state index contributed by atoms with van der Waals surface area (Å²) in [6.07, 6.45) is 7.16. The molecule has 0 N–H and O–H groups in total. The Bertz CT molecular complexity index is 1080. The molecular formula is C29H34N2OS. The third kappa shape index (κ3) is 8.88. The summed E-state index contributed by atoms with van der Waals surface area (Å²) in [5.74, 6) is 7.31. The SMILES string of the molecule is CCCN(C/C=C/C#CC(C)(C)C)Cc1cccc(OCc2cccc(-c3cncs3)c2)c1. The lowest BCUT2D eigenvalue weighted by Gasteiger charge is -2.20. The van der Waals surface area contributed by atoms with E-state index in [9.17, 15) is 0 Å². The predicted molar refractivity (Wildman–Crippen MR) is 140 cm³/mol. The molecule has 3 rings (SSSR count). The van der Waals surface area contributed by atoms with Gasteiger partial charge in [0.05, 0.1) is 10.4 Å². The van der Waals surface area contributed by atoms with E-state index < -0.39 is 0 Å². The number of ether oxygens (including phenoxy) is 1. The third-order valence-electron chi connectivity index (χ3n) is 4.91. The summed E-state index contributed by atoms with van der Waals surface area (Å²) < 4.78 is 6.13. The van der Waals surface area contributed by atoms with Crippen LogP contribution in [0.3, 0.4) is 0 Å². The number of benzene rings is 2. The highest BCUT2D eigenvalue weighted by Gasteiger charge is 2.06. The molecule has 4 heteroatoms. The van der Waals surface area contributed by atoms with Crippen LogP contribution in [-0.4, -0.2) is 23.0 Å². The summed E-state index contributed by atoms with van der Waals surface area (Å²) in [5.41, 5.74) is 5.49. The zero-order chi connectivity index (χ0) is 23.5. The molecule has 0 saturated heterocycles. The van der Waals surface area contributed by atoms with Crippen molar-refractivity contribution in [3.8, 4) is 28.0 Å². The summed E-state index contributed by atoms with van der Waals surface area (Å²) in [5, 5.41) is 0. The van der Waals surface area contributed by atoms with E-state index in [1.54, 1.807) is 11.3 Å². The van der Waals surface area contributed by atoms with Crippen molar-refractivity contribution in [3.63, 3.8) is 0 Å². The van der Waals surface area contributed by atoms with Gasteiger partial charge in [-0.3, -0.25) is 9.88 Å². The van der Waals surface area contributed by atoms with Crippen LogP contribution < -0.4 is 4.74 Å². The molecule has 1 heterocycles. The fourth-order valence-electron chi connectivity index (χ4n) is 3.40. The molecule has 0 spiro atoms. The van der Waals surface area contributed by atoms with Crippen molar-refractivity contribution in [1.82, 2.24) is 9.88 Å². The molecular weight excluding hydrogens is 424 g/mol. The Morgan fingerprint density at radius 1 is 1.09 bits per heavy atom. The fraction of sp³-hybridized carbons (Fsp3) is 0.345. The summed E-state index contributed by atoms with van der Waals surface area (Å²) in [4.78, 5) is 7.79. The first-order chi connectivity index (χ1) is 15.9. The van der Waals surface area contributed by atoms with Crippen LogP contribution in [0.5, 0.6) is 5.75 Å². The van der Waals surface area contributed by atoms with Gasteiger partial charge < -0.3 is 4.74 Å². The van der Waals surface area contributed by atoms with Crippen molar-refractivity contribution in [2.24, 2.45) is 5.41 Å². The molecule has 33 heavy (non-hydrogen) atoms. The van der Waals surface area contributed by atoms with Gasteiger partial charge in [-0.2, -0.15) is 0 Å². The van der Waals surface area contributed by atoms with Gasteiger partial charge in [-0.05, 0) is 74.7 Å². The maximum absolute atomic E-state index is 6.13. The van der Waals surface area contributed by atoms with Crippen LogP contribution in [0.25, 0.3) is 10.4 Å². The molecule has 0 atom stereocenters. The maximum atomic E-state index is 6.13. The van der Waals surface area contributed by atoms with Crippen molar-refractivity contribution >= 4 is 11.3 Å². The zero-order valence-corrected chi connectivity index (χ0v) is 21.0. The van der Waals surface area contributed by atoms with Gasteiger partial charge in [0.2, 0.25) is 0 Å². The van der Waals surface area contributed by atoms with E-state index in [2.05, 4.69) is 98.0 Å². The van der Waals surface area contributed by atoms with Crippen molar-refractivity contribution in [2.75, 3.05) is 13.1 Å². The largest absolute Gasteiger partial charge is 0.489 e. The van der Waals surface area contributed by atoms with Crippen molar-refractivity contribution in [3.05, 3.63) is 83.5 Å². The molecule has 3 aromatic rings. The lowest BCUT2D eigenvalue weighted by atomic mass is 9.98. The van der Waals surface area contributed by atoms with E-state index in [-0.39, 0.29) is 5.41 Å². The van der Waals surface area contributed by atoms with Gasteiger partial charge in [-0.25, -0.2) is 0 Å². The Labute approximate surface area is 203 Å². The minimum Gasteiger partial charge on any atom is -0.489 e. The topological polar surface area (TPSA) is 25.4 Å². The lowest BCUT2D eigenvalue weighted by Crippen LogP contribution is -2.24. The Balaban J connectivity index is 1.58. The van der Waals surface area contributed by atoms with Crippen molar-refractivity contribution in [2.45, 2.75) is 47.3 Å². The quantitative estimate of drug-likeness (QED) is 0.300. The van der Waals surface area contributed by atoms with Gasteiger partial charge >= 0.3 is 0 Å². The van der Waals surface area contributed by atoms with Gasteiger partial charge in [-0.1, -0.05) is 55.2 Å². The molecule has 0 fully saturated rings. The molecule has 2 aromatic carbocycles. The van der Waals surface area contributed by atoms with E-state index in [4.69, 9.17) is 4.74 Å². The van der Waals surface area contributed by atoms with E-state index in [0.29, 0.717) is 6.61 Å². The predicted octanol–water partition coefficient (Wildman–Crippen LogP) is 7.21. The van der Waals surface area contributed by atoms with Gasteiger partial charge in [0.25, 0.3) is 0 Å². The molecule has 0 saturated carbocycles. The molecule has 0 amide bonds. The molecule has 3 nitrogen and oxygen atoms in total. The van der Waals surface area contributed by atoms with E-state index in [1.807, 2.05) is 23.8 Å². The third-order valence-corrected chi connectivity index (χ3v) is 5.73. The van der Waals surface area contributed by atoms with Gasteiger partial charge in [0.1, 0.15) is 12.4 Å². The van der Waals surface area contributed by atoms with Crippen LogP contribution in [0.2, 0.25) is 0 Å².